The molecule has 0 aliphatic rings. The number of methoxy groups -OCH3 is 2. The molecule has 0 radical (unpaired) electrons. The number of ether oxygens (including phenoxy) is 4. The first-order valence-corrected chi connectivity index (χ1v) is 10.9. The van der Waals surface area contributed by atoms with Crippen LogP contribution in [0.3, 0.4) is 0 Å². The number of para-hydroxylation sites is 1. The van der Waals surface area contributed by atoms with E-state index >= 15 is 0 Å². The molecule has 1 amide bonds. The third-order valence-electron chi connectivity index (χ3n) is 4.64. The molecule has 0 aliphatic carbocycles. The van der Waals surface area contributed by atoms with E-state index in [0.717, 1.165) is 10.0 Å². The first-order chi connectivity index (χ1) is 16.4. The molecule has 0 aromatic heterocycles. The summed E-state index contributed by atoms with van der Waals surface area (Å²) in [6, 6.07) is 17.2. The lowest BCUT2D eigenvalue weighted by molar-refractivity contribution is -0.123. The molecule has 176 valence electrons. The minimum atomic E-state index is -0.589. The standard InChI is InChI=1S/C25H23BrN2O6/c1-16-6-4-5-7-20(16)33-15-24(29)28-27-14-18-12-19(26)9-11-21(18)34-25(30)17-8-10-22(31-2)23(13-17)32-3/h4-14H,15H2,1-3H3,(H,28,29)/b27-14-. The van der Waals surface area contributed by atoms with Gasteiger partial charge in [0.05, 0.1) is 26.0 Å². The largest absolute Gasteiger partial charge is 0.493 e. The van der Waals surface area contributed by atoms with Gasteiger partial charge >= 0.3 is 5.97 Å². The molecule has 1 N–H and O–H groups in total. The van der Waals surface area contributed by atoms with Gasteiger partial charge in [0.1, 0.15) is 11.5 Å². The van der Waals surface area contributed by atoms with Gasteiger partial charge in [-0.15, -0.1) is 0 Å². The fourth-order valence-electron chi connectivity index (χ4n) is 2.90. The topological polar surface area (TPSA) is 95.5 Å². The van der Waals surface area contributed by atoms with Crippen molar-refractivity contribution in [3.8, 4) is 23.0 Å². The summed E-state index contributed by atoms with van der Waals surface area (Å²) >= 11 is 3.38. The smallest absolute Gasteiger partial charge is 0.343 e. The number of hydrogen-bond acceptors (Lipinski definition) is 7. The Balaban J connectivity index is 1.66. The van der Waals surface area contributed by atoms with E-state index in [0.29, 0.717) is 22.8 Å². The van der Waals surface area contributed by atoms with Gasteiger partial charge in [0.2, 0.25) is 0 Å². The molecule has 3 rings (SSSR count). The second kappa shape index (κ2) is 11.9. The molecule has 0 bridgehead atoms. The van der Waals surface area contributed by atoms with E-state index in [2.05, 4.69) is 26.5 Å². The molecule has 0 fully saturated rings. The maximum absolute atomic E-state index is 12.7. The van der Waals surface area contributed by atoms with E-state index in [1.54, 1.807) is 36.4 Å². The average molecular weight is 527 g/mol. The molecule has 0 heterocycles. The molecule has 3 aromatic rings. The Morgan fingerprint density at radius 1 is 0.941 bits per heavy atom. The van der Waals surface area contributed by atoms with Crippen molar-refractivity contribution in [2.75, 3.05) is 20.8 Å². The number of rotatable bonds is 9. The van der Waals surface area contributed by atoms with Crippen molar-refractivity contribution in [3.05, 3.63) is 81.8 Å². The molecule has 0 atom stereocenters. The zero-order valence-corrected chi connectivity index (χ0v) is 20.4. The third-order valence-corrected chi connectivity index (χ3v) is 5.13. The monoisotopic (exact) mass is 526 g/mol. The number of nitrogens with zero attached hydrogens (tertiary/aromatic N) is 1. The summed E-state index contributed by atoms with van der Waals surface area (Å²) in [5.74, 6) is 0.768. The highest BCUT2D eigenvalue weighted by molar-refractivity contribution is 9.10. The van der Waals surface area contributed by atoms with Gasteiger partial charge in [-0.3, -0.25) is 4.79 Å². The maximum Gasteiger partial charge on any atom is 0.343 e. The number of halogens is 1. The van der Waals surface area contributed by atoms with Gasteiger partial charge in [-0.2, -0.15) is 5.10 Å². The molecule has 0 spiro atoms. The average Bonchev–Trinajstić information content (AvgIpc) is 2.84. The first-order valence-electron chi connectivity index (χ1n) is 10.2. The second-order valence-corrected chi connectivity index (χ2v) is 7.90. The van der Waals surface area contributed by atoms with Gasteiger partial charge < -0.3 is 18.9 Å². The van der Waals surface area contributed by atoms with E-state index in [9.17, 15) is 9.59 Å². The van der Waals surface area contributed by atoms with Gasteiger partial charge in [-0.05, 0) is 55.0 Å². The van der Waals surface area contributed by atoms with Crippen molar-refractivity contribution in [2.24, 2.45) is 5.10 Å². The van der Waals surface area contributed by atoms with Crippen LogP contribution in [0.15, 0.2) is 70.2 Å². The number of aryl methyl sites for hydroxylation is 1. The van der Waals surface area contributed by atoms with E-state index in [1.807, 2.05) is 25.1 Å². The SMILES string of the molecule is COc1ccc(C(=O)Oc2ccc(Br)cc2/C=N\NC(=O)COc2ccccc2C)cc1OC. The first kappa shape index (κ1) is 24.8. The van der Waals surface area contributed by atoms with Crippen LogP contribution in [0.1, 0.15) is 21.5 Å². The summed E-state index contributed by atoms with van der Waals surface area (Å²) in [5, 5.41) is 3.95. The Morgan fingerprint density at radius 2 is 1.68 bits per heavy atom. The van der Waals surface area contributed by atoms with Crippen molar-refractivity contribution in [2.45, 2.75) is 6.92 Å². The quantitative estimate of drug-likeness (QED) is 0.190. The van der Waals surface area contributed by atoms with Crippen LogP contribution in [-0.4, -0.2) is 38.9 Å². The van der Waals surface area contributed by atoms with Crippen molar-refractivity contribution in [1.82, 2.24) is 5.43 Å². The number of benzene rings is 3. The van der Waals surface area contributed by atoms with E-state index in [4.69, 9.17) is 18.9 Å². The molecular weight excluding hydrogens is 504 g/mol. The summed E-state index contributed by atoms with van der Waals surface area (Å²) in [6.45, 7) is 1.70. The predicted molar refractivity (Wildman–Crippen MR) is 131 cm³/mol. The van der Waals surface area contributed by atoms with Gasteiger partial charge in [-0.1, -0.05) is 34.1 Å². The number of amides is 1. The highest BCUT2D eigenvalue weighted by Gasteiger charge is 2.15. The fourth-order valence-corrected chi connectivity index (χ4v) is 3.28. The van der Waals surface area contributed by atoms with Crippen LogP contribution in [0, 0.1) is 6.92 Å². The minimum absolute atomic E-state index is 0.193. The summed E-state index contributed by atoms with van der Waals surface area (Å²) < 4.78 is 22.2. The fraction of sp³-hybridized carbons (Fsp3) is 0.160. The summed E-state index contributed by atoms with van der Waals surface area (Å²) in [5.41, 5.74) is 4.08. The van der Waals surface area contributed by atoms with Crippen molar-refractivity contribution < 1.29 is 28.5 Å². The molecule has 0 unspecified atom stereocenters. The molecule has 0 aliphatic heterocycles. The van der Waals surface area contributed by atoms with Crippen molar-refractivity contribution >= 4 is 34.0 Å². The van der Waals surface area contributed by atoms with Crippen LogP contribution in [0.4, 0.5) is 0 Å². The van der Waals surface area contributed by atoms with Gasteiger partial charge in [0.25, 0.3) is 5.91 Å². The van der Waals surface area contributed by atoms with Gasteiger partial charge in [-0.25, -0.2) is 10.2 Å². The summed E-state index contributed by atoms with van der Waals surface area (Å²) in [4.78, 5) is 24.8. The van der Waals surface area contributed by atoms with E-state index in [1.165, 1.54) is 26.5 Å². The number of hydrazone groups is 1. The van der Waals surface area contributed by atoms with Crippen LogP contribution >= 0.6 is 15.9 Å². The molecule has 0 saturated heterocycles. The van der Waals surface area contributed by atoms with Gasteiger partial charge in [0, 0.05) is 10.0 Å². The van der Waals surface area contributed by atoms with Crippen LogP contribution in [-0.2, 0) is 4.79 Å². The zero-order valence-electron chi connectivity index (χ0n) is 18.8. The molecule has 0 saturated carbocycles. The Hall–Kier alpha value is -3.85. The maximum atomic E-state index is 12.7. The lowest BCUT2D eigenvalue weighted by Crippen LogP contribution is -2.24. The normalized spacial score (nSPS) is 10.6. The van der Waals surface area contributed by atoms with Crippen LogP contribution < -0.4 is 24.4 Å². The molecule has 9 heteroatoms. The Bertz CT molecular complexity index is 1210. The molecule has 34 heavy (non-hydrogen) atoms. The Morgan fingerprint density at radius 3 is 2.41 bits per heavy atom. The number of nitrogens with one attached hydrogen (secondary N) is 1. The summed E-state index contributed by atoms with van der Waals surface area (Å²) in [6.07, 6.45) is 1.38. The molecule has 3 aromatic carbocycles. The van der Waals surface area contributed by atoms with Crippen molar-refractivity contribution in [1.29, 1.82) is 0 Å². The minimum Gasteiger partial charge on any atom is -0.493 e. The molecule has 8 nitrogen and oxygen atoms in total. The highest BCUT2D eigenvalue weighted by Crippen LogP contribution is 2.29. The second-order valence-electron chi connectivity index (χ2n) is 6.99. The summed E-state index contributed by atoms with van der Waals surface area (Å²) in [7, 11) is 2.99. The zero-order chi connectivity index (χ0) is 24.5. The predicted octanol–water partition coefficient (Wildman–Crippen LogP) is 4.52. The van der Waals surface area contributed by atoms with Crippen molar-refractivity contribution in [3.63, 3.8) is 0 Å². The third kappa shape index (κ3) is 6.58. The lowest BCUT2D eigenvalue weighted by atomic mass is 10.2. The Kier molecular flexibility index (Phi) is 8.64. The number of hydrogen-bond donors (Lipinski definition) is 1. The van der Waals surface area contributed by atoms with E-state index in [-0.39, 0.29) is 17.9 Å². The molecular formula is C25H23BrN2O6. The Labute approximate surface area is 205 Å². The number of esters is 1. The number of carbonyl (C=O) groups excluding carboxylic acids is 2. The van der Waals surface area contributed by atoms with Crippen LogP contribution in [0.2, 0.25) is 0 Å². The number of carbonyl (C=O) groups is 2. The van der Waals surface area contributed by atoms with E-state index < -0.39 is 11.9 Å². The van der Waals surface area contributed by atoms with Crippen LogP contribution in [0.25, 0.3) is 0 Å². The van der Waals surface area contributed by atoms with Crippen LogP contribution in [0.5, 0.6) is 23.0 Å². The van der Waals surface area contributed by atoms with Gasteiger partial charge in [0.15, 0.2) is 18.1 Å². The highest BCUT2D eigenvalue weighted by atomic mass is 79.9. The lowest BCUT2D eigenvalue weighted by Gasteiger charge is -2.11.